The third-order valence-corrected chi connectivity index (χ3v) is 3.40. The van der Waals surface area contributed by atoms with Crippen LogP contribution in [0.15, 0.2) is 0 Å². The molecule has 1 N–H and O–H groups in total. The minimum absolute atomic E-state index is 0.646. The van der Waals surface area contributed by atoms with E-state index in [1.165, 1.54) is 32.2 Å². The first kappa shape index (κ1) is 16.9. The number of nitrogens with zero attached hydrogens (tertiary/aromatic N) is 1. The van der Waals surface area contributed by atoms with Crippen LogP contribution in [0.3, 0.4) is 0 Å². The lowest BCUT2D eigenvalue weighted by Crippen LogP contribution is -2.43. The lowest BCUT2D eigenvalue weighted by molar-refractivity contribution is 0.173. The van der Waals surface area contributed by atoms with Gasteiger partial charge in [0.05, 0.1) is 0 Å². The fraction of sp³-hybridized carbons (Fsp3) is 1.00. The van der Waals surface area contributed by atoms with Crippen molar-refractivity contribution in [1.82, 2.24) is 10.2 Å². The summed E-state index contributed by atoms with van der Waals surface area (Å²) in [5.74, 6) is 0. The summed E-state index contributed by atoms with van der Waals surface area (Å²) in [6, 6.07) is 2.02. The van der Waals surface area contributed by atoms with Crippen LogP contribution in [0.1, 0.15) is 67.2 Å². The van der Waals surface area contributed by atoms with Crippen LogP contribution < -0.4 is 5.32 Å². The Morgan fingerprint density at radius 3 is 1.71 bits per heavy atom. The van der Waals surface area contributed by atoms with Crippen molar-refractivity contribution in [1.29, 1.82) is 0 Å². The highest BCUT2D eigenvalue weighted by molar-refractivity contribution is 4.71. The molecule has 0 heterocycles. The Labute approximate surface area is 109 Å². The maximum atomic E-state index is 3.72. The lowest BCUT2D eigenvalue weighted by Gasteiger charge is -2.31. The highest BCUT2D eigenvalue weighted by Gasteiger charge is 2.13. The third-order valence-electron chi connectivity index (χ3n) is 3.40. The molecule has 104 valence electrons. The SMILES string of the molecule is CCCC(CCC)NCCN(C(C)C)C(C)C. The quantitative estimate of drug-likeness (QED) is 0.629. The Kier molecular flexibility index (Phi) is 9.85. The molecule has 0 aliphatic carbocycles. The Bertz CT molecular complexity index is 152. The molecule has 17 heavy (non-hydrogen) atoms. The molecule has 0 rings (SSSR count). The van der Waals surface area contributed by atoms with Crippen LogP contribution in [-0.4, -0.2) is 36.1 Å². The number of nitrogens with one attached hydrogen (secondary N) is 1. The van der Waals surface area contributed by atoms with Gasteiger partial charge in [0.15, 0.2) is 0 Å². The molecule has 0 aromatic carbocycles. The molecule has 0 bridgehead atoms. The van der Waals surface area contributed by atoms with Crippen LogP contribution in [0, 0.1) is 0 Å². The van der Waals surface area contributed by atoms with Gasteiger partial charge >= 0.3 is 0 Å². The molecular weight excluding hydrogens is 208 g/mol. The molecule has 0 atom stereocenters. The summed E-state index contributed by atoms with van der Waals surface area (Å²) in [5, 5.41) is 3.72. The molecule has 0 spiro atoms. The lowest BCUT2D eigenvalue weighted by atomic mass is 10.1. The van der Waals surface area contributed by atoms with Gasteiger partial charge in [-0.2, -0.15) is 0 Å². The summed E-state index contributed by atoms with van der Waals surface area (Å²) < 4.78 is 0. The number of rotatable bonds is 10. The van der Waals surface area contributed by atoms with Gasteiger partial charge in [-0.05, 0) is 40.5 Å². The van der Waals surface area contributed by atoms with E-state index < -0.39 is 0 Å². The highest BCUT2D eigenvalue weighted by Crippen LogP contribution is 2.06. The molecule has 0 aliphatic heterocycles. The van der Waals surface area contributed by atoms with E-state index in [4.69, 9.17) is 0 Å². The molecule has 2 heteroatoms. The fourth-order valence-electron chi connectivity index (χ4n) is 2.56. The first-order valence-electron chi connectivity index (χ1n) is 7.51. The summed E-state index contributed by atoms with van der Waals surface area (Å²) in [5.41, 5.74) is 0. The summed E-state index contributed by atoms with van der Waals surface area (Å²) >= 11 is 0. The van der Waals surface area contributed by atoms with Gasteiger partial charge in [0.2, 0.25) is 0 Å². The van der Waals surface area contributed by atoms with Crippen molar-refractivity contribution >= 4 is 0 Å². The largest absolute Gasteiger partial charge is 0.313 e. The van der Waals surface area contributed by atoms with Crippen molar-refractivity contribution in [2.75, 3.05) is 13.1 Å². The molecule has 0 aromatic heterocycles. The summed E-state index contributed by atoms with van der Waals surface area (Å²) in [6.45, 7) is 16.0. The normalized spacial score (nSPS) is 12.4. The maximum Gasteiger partial charge on any atom is 0.0112 e. The average molecular weight is 242 g/mol. The molecule has 0 amide bonds. The Hall–Kier alpha value is -0.0800. The van der Waals surface area contributed by atoms with Crippen LogP contribution in [0.2, 0.25) is 0 Å². The van der Waals surface area contributed by atoms with Crippen LogP contribution in [-0.2, 0) is 0 Å². The van der Waals surface area contributed by atoms with Crippen LogP contribution in [0.4, 0.5) is 0 Å². The van der Waals surface area contributed by atoms with Crippen molar-refractivity contribution in [3.8, 4) is 0 Å². The summed E-state index contributed by atoms with van der Waals surface area (Å²) in [6.07, 6.45) is 5.21. The Balaban J connectivity index is 3.91. The predicted octanol–water partition coefficient (Wildman–Crippen LogP) is 3.66. The molecule has 0 saturated heterocycles. The number of hydrogen-bond acceptors (Lipinski definition) is 2. The van der Waals surface area contributed by atoms with Crippen LogP contribution in [0.5, 0.6) is 0 Å². The van der Waals surface area contributed by atoms with Crippen molar-refractivity contribution in [3.63, 3.8) is 0 Å². The molecule has 2 nitrogen and oxygen atoms in total. The van der Waals surface area contributed by atoms with Gasteiger partial charge in [0, 0.05) is 31.2 Å². The van der Waals surface area contributed by atoms with Gasteiger partial charge < -0.3 is 5.32 Å². The van der Waals surface area contributed by atoms with E-state index in [-0.39, 0.29) is 0 Å². The van der Waals surface area contributed by atoms with E-state index in [1.54, 1.807) is 0 Å². The van der Waals surface area contributed by atoms with E-state index in [1.807, 2.05) is 0 Å². The van der Waals surface area contributed by atoms with Gasteiger partial charge in [-0.25, -0.2) is 0 Å². The minimum atomic E-state index is 0.646. The van der Waals surface area contributed by atoms with Crippen molar-refractivity contribution in [3.05, 3.63) is 0 Å². The second-order valence-corrected chi connectivity index (χ2v) is 5.65. The van der Waals surface area contributed by atoms with Gasteiger partial charge in [-0.15, -0.1) is 0 Å². The molecular formula is C15H34N2. The molecule has 0 fully saturated rings. The Morgan fingerprint density at radius 2 is 1.35 bits per heavy atom. The monoisotopic (exact) mass is 242 g/mol. The molecule has 0 radical (unpaired) electrons. The van der Waals surface area contributed by atoms with Crippen molar-refractivity contribution in [2.24, 2.45) is 0 Å². The molecule has 0 unspecified atom stereocenters. The van der Waals surface area contributed by atoms with Crippen LogP contribution in [0.25, 0.3) is 0 Å². The van der Waals surface area contributed by atoms with Crippen LogP contribution >= 0.6 is 0 Å². The van der Waals surface area contributed by atoms with Crippen molar-refractivity contribution < 1.29 is 0 Å². The summed E-state index contributed by atoms with van der Waals surface area (Å²) in [4.78, 5) is 2.56. The van der Waals surface area contributed by atoms with Crippen molar-refractivity contribution in [2.45, 2.75) is 85.4 Å². The minimum Gasteiger partial charge on any atom is -0.313 e. The van der Waals surface area contributed by atoms with Gasteiger partial charge in [0.25, 0.3) is 0 Å². The summed E-state index contributed by atoms with van der Waals surface area (Å²) in [7, 11) is 0. The smallest absolute Gasteiger partial charge is 0.0112 e. The average Bonchev–Trinajstić information content (AvgIpc) is 2.23. The fourth-order valence-corrected chi connectivity index (χ4v) is 2.56. The van der Waals surface area contributed by atoms with Gasteiger partial charge in [0.1, 0.15) is 0 Å². The van der Waals surface area contributed by atoms with E-state index in [2.05, 4.69) is 51.8 Å². The second kappa shape index (κ2) is 9.90. The zero-order chi connectivity index (χ0) is 13.3. The van der Waals surface area contributed by atoms with Gasteiger partial charge in [-0.1, -0.05) is 26.7 Å². The standard InChI is InChI=1S/C15H34N2/c1-7-9-15(10-8-2)16-11-12-17(13(3)4)14(5)6/h13-16H,7-12H2,1-6H3. The highest BCUT2D eigenvalue weighted by atomic mass is 15.2. The zero-order valence-electron chi connectivity index (χ0n) is 12.9. The maximum absolute atomic E-state index is 3.72. The number of hydrogen-bond donors (Lipinski definition) is 1. The predicted molar refractivity (Wildman–Crippen MR) is 78.6 cm³/mol. The van der Waals surface area contributed by atoms with E-state index in [9.17, 15) is 0 Å². The molecule has 0 aromatic rings. The molecule has 0 saturated carbocycles. The molecule has 0 aliphatic rings. The zero-order valence-corrected chi connectivity index (χ0v) is 12.9. The first-order valence-corrected chi connectivity index (χ1v) is 7.51. The van der Waals surface area contributed by atoms with E-state index in [0.717, 1.165) is 12.6 Å². The van der Waals surface area contributed by atoms with Gasteiger partial charge in [-0.3, -0.25) is 4.90 Å². The first-order chi connectivity index (χ1) is 8.02. The van der Waals surface area contributed by atoms with E-state index in [0.29, 0.717) is 12.1 Å². The Morgan fingerprint density at radius 1 is 0.882 bits per heavy atom. The second-order valence-electron chi connectivity index (χ2n) is 5.65. The third kappa shape index (κ3) is 7.77. The van der Waals surface area contributed by atoms with E-state index >= 15 is 0 Å². The topological polar surface area (TPSA) is 15.3 Å².